The molecule has 0 spiro atoms. The molecule has 1 heterocycles. The minimum Gasteiger partial charge on any atom is -0.494 e. The summed E-state index contributed by atoms with van der Waals surface area (Å²) in [6.07, 6.45) is -5.29. The third-order valence-corrected chi connectivity index (χ3v) is 7.33. The lowest BCUT2D eigenvalue weighted by Crippen LogP contribution is -2.49. The number of carbonyl (C=O) groups excluding carboxylic acids is 1. The number of hydrogen-bond donors (Lipinski definition) is 2. The van der Waals surface area contributed by atoms with E-state index in [2.05, 4.69) is 20.1 Å². The van der Waals surface area contributed by atoms with Gasteiger partial charge in [-0.05, 0) is 53.1 Å². The predicted octanol–water partition coefficient (Wildman–Crippen LogP) is 7.10. The molecule has 4 aromatic rings. The molecule has 10 nitrogen and oxygen atoms in total. The van der Waals surface area contributed by atoms with Crippen LogP contribution < -0.4 is 14.8 Å². The van der Waals surface area contributed by atoms with Gasteiger partial charge in [-0.3, -0.25) is 4.79 Å². The van der Waals surface area contributed by atoms with Crippen LogP contribution in [0.25, 0.3) is 10.4 Å². The molecule has 1 aliphatic rings. The maximum Gasteiger partial charge on any atom is 0.573 e. The zero-order valence-electron chi connectivity index (χ0n) is 24.9. The highest BCUT2D eigenvalue weighted by atomic mass is 19.4. The van der Waals surface area contributed by atoms with Crippen molar-refractivity contribution in [1.82, 2.24) is 5.32 Å². The third kappa shape index (κ3) is 8.20. The zero-order valence-corrected chi connectivity index (χ0v) is 24.9. The lowest BCUT2D eigenvalue weighted by Gasteiger charge is -2.31. The van der Waals surface area contributed by atoms with E-state index in [1.165, 1.54) is 24.3 Å². The highest BCUT2D eigenvalue weighted by Crippen LogP contribution is 2.45. The average Bonchev–Trinajstić information content (AvgIpc) is 3.45. The Morgan fingerprint density at radius 2 is 1.64 bits per heavy atom. The minimum absolute atomic E-state index is 0.00475. The predicted molar refractivity (Wildman–Crippen MR) is 167 cm³/mol. The topological polar surface area (TPSA) is 138 Å². The molecule has 0 radical (unpaired) electrons. The van der Waals surface area contributed by atoms with Gasteiger partial charge in [0, 0.05) is 47.7 Å². The monoisotopic (exact) mass is 645 g/mol. The summed E-state index contributed by atoms with van der Waals surface area (Å²) in [7, 11) is 0. The van der Waals surface area contributed by atoms with Gasteiger partial charge in [0.15, 0.2) is 11.6 Å². The van der Waals surface area contributed by atoms with Gasteiger partial charge in [-0.15, -0.1) is 13.2 Å². The minimum atomic E-state index is -4.83. The average molecular weight is 646 g/mol. The quantitative estimate of drug-likeness (QED) is 0.0691. The van der Waals surface area contributed by atoms with E-state index in [-0.39, 0.29) is 36.9 Å². The second-order valence-electron chi connectivity index (χ2n) is 10.6. The normalized spacial score (nSPS) is 17.2. The molecule has 0 aromatic heterocycles. The molecule has 2 atom stereocenters. The summed E-state index contributed by atoms with van der Waals surface area (Å²) in [5.41, 5.74) is 10.3. The Kier molecular flexibility index (Phi) is 10.3. The number of nitrogens with one attached hydrogen (secondary N) is 1. The molecule has 13 heteroatoms. The number of nitrogens with zero attached hydrogens (tertiary/aromatic N) is 4. The van der Waals surface area contributed by atoms with Gasteiger partial charge >= 0.3 is 6.36 Å². The van der Waals surface area contributed by atoms with E-state index in [1.54, 1.807) is 48.5 Å². The molecule has 0 saturated carbocycles. The van der Waals surface area contributed by atoms with Crippen LogP contribution in [0.2, 0.25) is 0 Å². The summed E-state index contributed by atoms with van der Waals surface area (Å²) in [5.74, 6) is -0.152. The molecule has 0 fully saturated rings. The zero-order chi connectivity index (χ0) is 33.3. The Hall–Kier alpha value is -5.52. The van der Waals surface area contributed by atoms with E-state index in [0.717, 1.165) is 5.56 Å². The molecule has 0 saturated heterocycles. The maximum absolute atomic E-state index is 14.4. The summed E-state index contributed by atoms with van der Waals surface area (Å²) in [4.78, 5) is 22.3. The van der Waals surface area contributed by atoms with Crippen LogP contribution in [0.5, 0.6) is 11.5 Å². The number of rotatable bonds is 13. The Labute approximate surface area is 268 Å². The lowest BCUT2D eigenvalue weighted by molar-refractivity contribution is -0.274. The highest BCUT2D eigenvalue weighted by molar-refractivity contribution is 6.01. The van der Waals surface area contributed by atoms with Gasteiger partial charge in [0.05, 0.1) is 6.61 Å². The fourth-order valence-corrected chi connectivity index (χ4v) is 5.16. The summed E-state index contributed by atoms with van der Waals surface area (Å²) in [5, 5.41) is 15.8. The van der Waals surface area contributed by atoms with Gasteiger partial charge in [-0.2, -0.15) is 0 Å². The van der Waals surface area contributed by atoms with Crippen molar-refractivity contribution in [3.05, 3.63) is 136 Å². The number of alkyl halides is 3. The number of ether oxygens (including phenoxy) is 3. The molecule has 0 bridgehead atoms. The Bertz CT molecular complexity index is 1740. The smallest absolute Gasteiger partial charge is 0.494 e. The second-order valence-corrected chi connectivity index (χ2v) is 10.6. The van der Waals surface area contributed by atoms with E-state index >= 15 is 0 Å². The molecule has 47 heavy (non-hydrogen) atoms. The molecular formula is C34H30F3N5O5. The van der Waals surface area contributed by atoms with Crippen molar-refractivity contribution in [2.24, 2.45) is 10.1 Å². The Balaban J connectivity index is 1.53. The van der Waals surface area contributed by atoms with E-state index < -0.39 is 23.9 Å². The fraction of sp³-hybridized carbons (Fsp3) is 0.235. The number of azide groups is 1. The lowest BCUT2D eigenvalue weighted by atomic mass is 9.81. The van der Waals surface area contributed by atoms with Crippen LogP contribution in [0.4, 0.5) is 18.9 Å². The first kappa shape index (κ1) is 32.9. The van der Waals surface area contributed by atoms with Crippen molar-refractivity contribution >= 4 is 17.5 Å². The number of amides is 1. The van der Waals surface area contributed by atoms with Gasteiger partial charge in [-0.25, -0.2) is 4.99 Å². The van der Waals surface area contributed by atoms with Crippen LogP contribution in [0, 0.1) is 0 Å². The first-order chi connectivity index (χ1) is 22.7. The Morgan fingerprint density at radius 1 is 0.957 bits per heavy atom. The summed E-state index contributed by atoms with van der Waals surface area (Å²) in [6, 6.07) is 28.1. The van der Waals surface area contributed by atoms with Gasteiger partial charge in [0.1, 0.15) is 11.5 Å². The summed E-state index contributed by atoms with van der Waals surface area (Å²) in [6.45, 7) is 0.311. The molecule has 4 aromatic carbocycles. The van der Waals surface area contributed by atoms with Crippen molar-refractivity contribution in [3.8, 4) is 11.5 Å². The van der Waals surface area contributed by atoms with Crippen molar-refractivity contribution in [2.45, 2.75) is 37.4 Å². The molecule has 1 aliphatic heterocycles. The first-order valence-electron chi connectivity index (χ1n) is 14.6. The van der Waals surface area contributed by atoms with Gasteiger partial charge < -0.3 is 24.6 Å². The molecule has 5 rings (SSSR count). The molecule has 0 unspecified atom stereocenters. The van der Waals surface area contributed by atoms with Crippen LogP contribution in [0.3, 0.4) is 0 Å². The van der Waals surface area contributed by atoms with Crippen molar-refractivity contribution < 1.29 is 37.3 Å². The largest absolute Gasteiger partial charge is 0.573 e. The van der Waals surface area contributed by atoms with E-state index in [0.29, 0.717) is 35.5 Å². The summed E-state index contributed by atoms with van der Waals surface area (Å²) >= 11 is 0. The van der Waals surface area contributed by atoms with Crippen LogP contribution in [-0.2, 0) is 22.5 Å². The van der Waals surface area contributed by atoms with Gasteiger partial charge in [0.25, 0.3) is 5.91 Å². The van der Waals surface area contributed by atoms with Crippen molar-refractivity contribution in [1.29, 1.82) is 0 Å². The van der Waals surface area contributed by atoms with Crippen LogP contribution >= 0.6 is 0 Å². The molecule has 1 amide bonds. The second kappa shape index (κ2) is 14.7. The molecule has 242 valence electrons. The number of halogens is 3. The number of aliphatic hydroxyl groups excluding tert-OH is 1. The first-order valence-corrected chi connectivity index (χ1v) is 14.6. The number of carbonyl (C=O) groups is 1. The van der Waals surface area contributed by atoms with Crippen molar-refractivity contribution in [2.75, 3.05) is 13.2 Å². The van der Waals surface area contributed by atoms with Crippen LogP contribution in [-0.4, -0.2) is 42.0 Å². The van der Waals surface area contributed by atoms with Crippen molar-refractivity contribution in [3.63, 3.8) is 0 Å². The number of aliphatic imine (C=N–C) groups is 1. The molecule has 2 N–H and O–H groups in total. The molecule has 0 aliphatic carbocycles. The van der Waals surface area contributed by atoms with Gasteiger partial charge in [0.2, 0.25) is 5.90 Å². The van der Waals surface area contributed by atoms with Crippen LogP contribution in [0.1, 0.15) is 34.8 Å². The standard InChI is InChI=1S/C34H30F3N5O5/c35-34(36,37)47-27-15-11-24(12-16-27)22-39-32(44)33(21-23-7-2-1-3-8-23)30(28-9-4-5-10-29(28)41-42-38)46-31(40-33)25-13-17-26(18-14-25)45-20-6-19-43/h1-5,7-18,30,43H,6,19-22H2,(H,39,44)/t30-,33-/m1/s1. The van der Waals surface area contributed by atoms with Crippen LogP contribution in [0.15, 0.2) is 113 Å². The van der Waals surface area contributed by atoms with E-state index in [1.807, 2.05) is 30.3 Å². The molecular weight excluding hydrogens is 615 g/mol. The third-order valence-electron chi connectivity index (χ3n) is 7.33. The summed E-state index contributed by atoms with van der Waals surface area (Å²) < 4.78 is 54.0. The Morgan fingerprint density at radius 3 is 2.32 bits per heavy atom. The number of aliphatic hydroxyl groups is 1. The highest BCUT2D eigenvalue weighted by Gasteiger charge is 2.53. The van der Waals surface area contributed by atoms with Gasteiger partial charge in [-0.1, -0.05) is 71.8 Å². The SMILES string of the molecule is [N-]=[N+]=Nc1ccccc1[C@H]1OC(c2ccc(OCCCO)cc2)=N[C@@]1(Cc1ccccc1)C(=O)NCc1ccc(OC(F)(F)F)cc1. The van der Waals surface area contributed by atoms with E-state index in [4.69, 9.17) is 19.6 Å². The van der Waals surface area contributed by atoms with E-state index in [9.17, 15) is 23.5 Å². The number of benzene rings is 4. The fourth-order valence-electron chi connectivity index (χ4n) is 5.16. The number of hydrogen-bond acceptors (Lipinski definition) is 7. The maximum atomic E-state index is 14.4.